The Balaban J connectivity index is 1.30. The molecule has 1 aliphatic rings. The van der Waals surface area contributed by atoms with E-state index in [1.165, 1.54) is 57.3 Å². The average Bonchev–Trinajstić information content (AvgIpc) is 3.09. The second-order valence-corrected chi connectivity index (χ2v) is 6.29. The molecule has 2 heterocycles. The monoisotopic (exact) mass is 298 g/mol. The van der Waals surface area contributed by atoms with Crippen molar-refractivity contribution in [2.75, 3.05) is 19.6 Å². The Labute approximate surface area is 133 Å². The molecule has 0 atom stereocenters. The molecule has 0 aliphatic carbocycles. The number of hydrogen-bond donors (Lipinski definition) is 0. The molecule has 0 amide bonds. The third-order valence-corrected chi connectivity index (χ3v) is 4.69. The van der Waals surface area contributed by atoms with Gasteiger partial charge < -0.3 is 4.90 Å². The maximum absolute atomic E-state index is 4.18. The highest BCUT2D eigenvalue weighted by Gasteiger charge is 2.18. The van der Waals surface area contributed by atoms with Crippen LogP contribution in [0.15, 0.2) is 42.7 Å². The van der Waals surface area contributed by atoms with E-state index in [0.29, 0.717) is 0 Å². The van der Waals surface area contributed by atoms with E-state index in [4.69, 9.17) is 0 Å². The molecule has 2 aromatic rings. The van der Waals surface area contributed by atoms with Gasteiger partial charge in [0.1, 0.15) is 0 Å². The van der Waals surface area contributed by atoms with Gasteiger partial charge in [0.05, 0.1) is 18.9 Å². The molecule has 1 aromatic heterocycles. The minimum atomic E-state index is 0.844. The lowest BCUT2D eigenvalue weighted by molar-refractivity contribution is 0.172. The van der Waals surface area contributed by atoms with Gasteiger partial charge in [-0.05, 0) is 63.2 Å². The van der Waals surface area contributed by atoms with Gasteiger partial charge in [-0.2, -0.15) is 15.0 Å². The Morgan fingerprint density at radius 1 is 0.955 bits per heavy atom. The van der Waals surface area contributed by atoms with Crippen molar-refractivity contribution in [1.82, 2.24) is 19.9 Å². The van der Waals surface area contributed by atoms with Crippen molar-refractivity contribution < 1.29 is 0 Å². The van der Waals surface area contributed by atoms with E-state index >= 15 is 0 Å². The predicted octanol–water partition coefficient (Wildman–Crippen LogP) is 3.01. The highest BCUT2D eigenvalue weighted by Crippen LogP contribution is 2.21. The standard InChI is InChI=1S/C18H26N4/c1-2-5-17(6-3-1)7-4-13-21-14-8-18(9-15-21)10-16-22-19-11-12-20-22/h1-3,5-6,11-12,18H,4,7-10,13-16H2. The summed E-state index contributed by atoms with van der Waals surface area (Å²) < 4.78 is 0. The minimum absolute atomic E-state index is 0.844. The second kappa shape index (κ2) is 8.08. The van der Waals surface area contributed by atoms with Crippen molar-refractivity contribution in [3.05, 3.63) is 48.3 Å². The van der Waals surface area contributed by atoms with Crippen LogP contribution in [-0.4, -0.2) is 39.5 Å². The number of hydrogen-bond acceptors (Lipinski definition) is 3. The van der Waals surface area contributed by atoms with E-state index < -0.39 is 0 Å². The van der Waals surface area contributed by atoms with Crippen molar-refractivity contribution in [3.63, 3.8) is 0 Å². The Morgan fingerprint density at radius 2 is 1.68 bits per heavy atom. The van der Waals surface area contributed by atoms with Crippen LogP contribution in [0.2, 0.25) is 0 Å². The van der Waals surface area contributed by atoms with Crippen LogP contribution in [0, 0.1) is 5.92 Å². The normalized spacial score (nSPS) is 16.9. The molecule has 4 heteroatoms. The summed E-state index contributed by atoms with van der Waals surface area (Å²) in [5.41, 5.74) is 1.46. The molecule has 0 spiro atoms. The molecule has 0 unspecified atom stereocenters. The number of nitrogens with zero attached hydrogens (tertiary/aromatic N) is 4. The quantitative estimate of drug-likeness (QED) is 0.788. The highest BCUT2D eigenvalue weighted by atomic mass is 15.5. The molecule has 1 fully saturated rings. The van der Waals surface area contributed by atoms with Crippen LogP contribution < -0.4 is 0 Å². The summed E-state index contributed by atoms with van der Waals surface area (Å²) in [6, 6.07) is 10.8. The number of benzene rings is 1. The van der Waals surface area contributed by atoms with Crippen molar-refractivity contribution in [2.45, 2.75) is 38.6 Å². The zero-order chi connectivity index (χ0) is 15.0. The number of rotatable bonds is 7. The lowest BCUT2D eigenvalue weighted by atomic mass is 9.93. The van der Waals surface area contributed by atoms with Gasteiger partial charge in [0, 0.05) is 0 Å². The number of piperidine rings is 1. The molecular formula is C18H26N4. The zero-order valence-corrected chi connectivity index (χ0v) is 13.3. The highest BCUT2D eigenvalue weighted by molar-refractivity contribution is 5.14. The first-order chi connectivity index (χ1) is 10.9. The van der Waals surface area contributed by atoms with Gasteiger partial charge in [-0.1, -0.05) is 30.3 Å². The fourth-order valence-electron chi connectivity index (χ4n) is 3.31. The maximum Gasteiger partial charge on any atom is 0.0693 e. The first-order valence-corrected chi connectivity index (χ1v) is 8.50. The van der Waals surface area contributed by atoms with Gasteiger partial charge in [-0.3, -0.25) is 0 Å². The van der Waals surface area contributed by atoms with Gasteiger partial charge in [-0.25, -0.2) is 0 Å². The maximum atomic E-state index is 4.18. The fourth-order valence-corrected chi connectivity index (χ4v) is 3.31. The van der Waals surface area contributed by atoms with Crippen LogP contribution >= 0.6 is 0 Å². The van der Waals surface area contributed by atoms with Crippen molar-refractivity contribution in [1.29, 1.82) is 0 Å². The van der Waals surface area contributed by atoms with Gasteiger partial charge >= 0.3 is 0 Å². The summed E-state index contributed by atoms with van der Waals surface area (Å²) in [5, 5.41) is 8.36. The van der Waals surface area contributed by atoms with Crippen LogP contribution in [0.3, 0.4) is 0 Å². The van der Waals surface area contributed by atoms with E-state index in [-0.39, 0.29) is 0 Å². The number of likely N-dealkylation sites (tertiary alicyclic amines) is 1. The first-order valence-electron chi connectivity index (χ1n) is 8.50. The van der Waals surface area contributed by atoms with E-state index in [2.05, 4.69) is 45.4 Å². The Hall–Kier alpha value is -1.68. The molecule has 1 aromatic carbocycles. The molecule has 0 bridgehead atoms. The Morgan fingerprint density at radius 3 is 2.41 bits per heavy atom. The third kappa shape index (κ3) is 4.67. The molecule has 0 saturated carbocycles. The van der Waals surface area contributed by atoms with E-state index in [0.717, 1.165) is 12.5 Å². The van der Waals surface area contributed by atoms with E-state index in [1.807, 2.05) is 4.80 Å². The zero-order valence-electron chi connectivity index (χ0n) is 13.3. The first kappa shape index (κ1) is 15.2. The van der Waals surface area contributed by atoms with Crippen LogP contribution in [0.1, 0.15) is 31.2 Å². The van der Waals surface area contributed by atoms with Crippen molar-refractivity contribution in [3.8, 4) is 0 Å². The summed E-state index contributed by atoms with van der Waals surface area (Å²) in [4.78, 5) is 4.44. The molecular weight excluding hydrogens is 272 g/mol. The fraction of sp³-hybridized carbons (Fsp3) is 0.556. The lowest BCUT2D eigenvalue weighted by Gasteiger charge is -2.31. The van der Waals surface area contributed by atoms with E-state index in [1.54, 1.807) is 12.4 Å². The number of aryl methyl sites for hydroxylation is 2. The molecule has 1 saturated heterocycles. The molecule has 4 nitrogen and oxygen atoms in total. The summed E-state index contributed by atoms with van der Waals surface area (Å²) in [7, 11) is 0. The van der Waals surface area contributed by atoms with Gasteiger partial charge in [0.15, 0.2) is 0 Å². The largest absolute Gasteiger partial charge is 0.303 e. The van der Waals surface area contributed by atoms with Gasteiger partial charge in [-0.15, -0.1) is 0 Å². The minimum Gasteiger partial charge on any atom is -0.303 e. The summed E-state index contributed by atoms with van der Waals surface area (Å²) in [6.07, 6.45) is 9.86. The predicted molar refractivity (Wildman–Crippen MR) is 88.6 cm³/mol. The SMILES string of the molecule is c1ccc(CCCN2CCC(CCn3nccn3)CC2)cc1. The van der Waals surface area contributed by atoms with Gasteiger partial charge in [0.25, 0.3) is 0 Å². The topological polar surface area (TPSA) is 34.0 Å². The van der Waals surface area contributed by atoms with Crippen LogP contribution in [-0.2, 0) is 13.0 Å². The molecule has 22 heavy (non-hydrogen) atoms. The van der Waals surface area contributed by atoms with Crippen LogP contribution in [0.25, 0.3) is 0 Å². The summed E-state index contributed by atoms with van der Waals surface area (Å²) >= 11 is 0. The van der Waals surface area contributed by atoms with Crippen molar-refractivity contribution in [2.24, 2.45) is 5.92 Å². The lowest BCUT2D eigenvalue weighted by Crippen LogP contribution is -2.34. The third-order valence-electron chi connectivity index (χ3n) is 4.69. The Kier molecular flexibility index (Phi) is 5.59. The van der Waals surface area contributed by atoms with Gasteiger partial charge in [0.2, 0.25) is 0 Å². The molecule has 1 aliphatic heterocycles. The smallest absolute Gasteiger partial charge is 0.0693 e. The summed E-state index contributed by atoms with van der Waals surface area (Å²) in [6.45, 7) is 4.71. The van der Waals surface area contributed by atoms with Crippen LogP contribution in [0.5, 0.6) is 0 Å². The average molecular weight is 298 g/mol. The van der Waals surface area contributed by atoms with Crippen molar-refractivity contribution >= 4 is 0 Å². The second-order valence-electron chi connectivity index (χ2n) is 6.29. The number of aromatic nitrogens is 3. The molecule has 118 valence electrons. The Bertz CT molecular complexity index is 515. The summed E-state index contributed by atoms with van der Waals surface area (Å²) in [5.74, 6) is 0.844. The molecule has 0 N–H and O–H groups in total. The van der Waals surface area contributed by atoms with E-state index in [9.17, 15) is 0 Å². The molecule has 3 rings (SSSR count). The van der Waals surface area contributed by atoms with Crippen LogP contribution in [0.4, 0.5) is 0 Å². The molecule has 0 radical (unpaired) electrons.